The minimum absolute atomic E-state index is 0.0979. The quantitative estimate of drug-likeness (QED) is 0.500. The normalized spacial score (nSPS) is 10.8. The number of benzene rings is 1. The van der Waals surface area contributed by atoms with E-state index in [2.05, 4.69) is 6.92 Å². The number of hydrogen-bond donors (Lipinski definition) is 2. The molecule has 7 heteroatoms. The van der Waals surface area contributed by atoms with E-state index in [1.807, 2.05) is 0 Å². The largest absolute Gasteiger partial charge is 0.503 e. The molecule has 136 valence electrons. The lowest BCUT2D eigenvalue weighted by Crippen LogP contribution is -2.11. The summed E-state index contributed by atoms with van der Waals surface area (Å²) < 4.78 is 15.7. The number of hydrogen-bond acceptors (Lipinski definition) is 6. The molecule has 0 amide bonds. The molecule has 2 aromatic rings. The highest BCUT2D eigenvalue weighted by atomic mass is 16.5. The lowest BCUT2D eigenvalue weighted by Gasteiger charge is -2.11. The van der Waals surface area contributed by atoms with Crippen molar-refractivity contribution in [2.24, 2.45) is 0 Å². The molecule has 25 heavy (non-hydrogen) atoms. The Kier molecular flexibility index (Phi) is 6.68. The SMILES string of the molecule is CCCCCCCOc1c(O)c2c(OCC(=O)O)cccc2oc1=O. The standard InChI is InChI=1S/C18H22O7/c1-2-3-4-5-6-10-23-17-16(21)15-12(24-11-14(19)20)8-7-9-13(15)25-18(17)22/h7-9,21H,2-6,10-11H2,1H3,(H,19,20). The monoisotopic (exact) mass is 350 g/mol. The van der Waals surface area contributed by atoms with E-state index in [0.717, 1.165) is 32.1 Å². The van der Waals surface area contributed by atoms with Gasteiger partial charge in [0.25, 0.3) is 0 Å². The molecule has 0 atom stereocenters. The van der Waals surface area contributed by atoms with Crippen molar-refractivity contribution in [3.05, 3.63) is 28.6 Å². The van der Waals surface area contributed by atoms with Crippen molar-refractivity contribution in [2.75, 3.05) is 13.2 Å². The molecule has 1 aromatic carbocycles. The van der Waals surface area contributed by atoms with Crippen LogP contribution in [-0.2, 0) is 4.79 Å². The Morgan fingerprint density at radius 2 is 1.92 bits per heavy atom. The Balaban J connectivity index is 2.21. The van der Waals surface area contributed by atoms with E-state index in [9.17, 15) is 14.7 Å². The van der Waals surface area contributed by atoms with E-state index in [4.69, 9.17) is 19.0 Å². The van der Waals surface area contributed by atoms with Crippen molar-refractivity contribution >= 4 is 16.9 Å². The number of carboxylic acids is 1. The molecule has 0 bridgehead atoms. The number of rotatable bonds is 10. The number of ether oxygens (including phenoxy) is 2. The van der Waals surface area contributed by atoms with Crippen LogP contribution in [0.3, 0.4) is 0 Å². The second kappa shape index (κ2) is 8.96. The molecule has 0 aliphatic carbocycles. The van der Waals surface area contributed by atoms with Crippen molar-refractivity contribution in [3.63, 3.8) is 0 Å². The van der Waals surface area contributed by atoms with E-state index in [-0.39, 0.29) is 29.1 Å². The molecule has 0 aliphatic rings. The summed E-state index contributed by atoms with van der Waals surface area (Å²) in [5.74, 6) is -1.73. The third-order valence-electron chi connectivity index (χ3n) is 3.67. The zero-order chi connectivity index (χ0) is 18.2. The molecule has 7 nitrogen and oxygen atoms in total. The summed E-state index contributed by atoms with van der Waals surface area (Å²) in [5.41, 5.74) is -0.686. The molecule has 0 aliphatic heterocycles. The maximum atomic E-state index is 12.0. The second-order valence-corrected chi connectivity index (χ2v) is 5.64. The van der Waals surface area contributed by atoms with Gasteiger partial charge in [0.05, 0.1) is 6.61 Å². The molecule has 0 saturated heterocycles. The fourth-order valence-corrected chi connectivity index (χ4v) is 2.45. The van der Waals surface area contributed by atoms with Gasteiger partial charge in [0, 0.05) is 0 Å². The molecule has 0 saturated carbocycles. The van der Waals surface area contributed by atoms with Gasteiger partial charge < -0.3 is 24.1 Å². The summed E-state index contributed by atoms with van der Waals surface area (Å²) in [6.45, 7) is 1.83. The number of carbonyl (C=O) groups is 1. The first kappa shape index (κ1) is 18.6. The van der Waals surface area contributed by atoms with E-state index in [1.54, 1.807) is 0 Å². The van der Waals surface area contributed by atoms with Crippen LogP contribution in [-0.4, -0.2) is 29.4 Å². The van der Waals surface area contributed by atoms with Crippen LogP contribution in [0.2, 0.25) is 0 Å². The number of aromatic hydroxyl groups is 1. The summed E-state index contributed by atoms with van der Waals surface area (Å²) in [6, 6.07) is 4.51. The van der Waals surface area contributed by atoms with E-state index in [1.165, 1.54) is 18.2 Å². The third-order valence-corrected chi connectivity index (χ3v) is 3.67. The number of carboxylic acid groups (broad SMARTS) is 1. The van der Waals surface area contributed by atoms with Crippen LogP contribution in [0, 0.1) is 0 Å². The molecule has 0 unspecified atom stereocenters. The van der Waals surface area contributed by atoms with Gasteiger partial charge in [0.1, 0.15) is 16.7 Å². The van der Waals surface area contributed by atoms with Gasteiger partial charge >= 0.3 is 11.6 Å². The predicted molar refractivity (Wildman–Crippen MR) is 91.5 cm³/mol. The molecular weight excluding hydrogens is 328 g/mol. The van der Waals surface area contributed by atoms with Gasteiger partial charge in [-0.15, -0.1) is 0 Å². The minimum Gasteiger partial charge on any atom is -0.503 e. The van der Waals surface area contributed by atoms with Gasteiger partial charge in [-0.25, -0.2) is 9.59 Å². The van der Waals surface area contributed by atoms with Gasteiger partial charge in [0.2, 0.25) is 5.75 Å². The smallest absolute Gasteiger partial charge is 0.383 e. The third kappa shape index (κ3) is 4.89. The van der Waals surface area contributed by atoms with E-state index in [0.29, 0.717) is 0 Å². The van der Waals surface area contributed by atoms with Gasteiger partial charge in [0.15, 0.2) is 12.4 Å². The van der Waals surface area contributed by atoms with Gasteiger partial charge in [-0.2, -0.15) is 0 Å². The Hall–Kier alpha value is -2.70. The topological polar surface area (TPSA) is 106 Å². The molecule has 1 heterocycles. The summed E-state index contributed by atoms with van der Waals surface area (Å²) in [7, 11) is 0. The van der Waals surface area contributed by atoms with Crippen LogP contribution < -0.4 is 15.1 Å². The minimum atomic E-state index is -1.16. The van der Waals surface area contributed by atoms with Crippen molar-refractivity contribution in [2.45, 2.75) is 39.0 Å². The van der Waals surface area contributed by atoms with Crippen LogP contribution in [0.4, 0.5) is 0 Å². The average Bonchev–Trinajstić information content (AvgIpc) is 2.58. The first-order valence-corrected chi connectivity index (χ1v) is 8.30. The zero-order valence-corrected chi connectivity index (χ0v) is 14.1. The average molecular weight is 350 g/mol. The van der Waals surface area contributed by atoms with Crippen molar-refractivity contribution in [1.29, 1.82) is 0 Å². The fraction of sp³-hybridized carbons (Fsp3) is 0.444. The summed E-state index contributed by atoms with van der Waals surface area (Å²) >= 11 is 0. The number of unbranched alkanes of at least 4 members (excludes halogenated alkanes) is 4. The summed E-state index contributed by atoms with van der Waals surface area (Å²) in [6.07, 6.45) is 5.10. The molecule has 2 N–H and O–H groups in total. The Morgan fingerprint density at radius 3 is 2.64 bits per heavy atom. The lowest BCUT2D eigenvalue weighted by atomic mass is 10.1. The van der Waals surface area contributed by atoms with Gasteiger partial charge in [-0.05, 0) is 18.6 Å². The van der Waals surface area contributed by atoms with Gasteiger partial charge in [-0.3, -0.25) is 0 Å². The summed E-state index contributed by atoms with van der Waals surface area (Å²) in [5, 5.41) is 19.3. The van der Waals surface area contributed by atoms with Crippen LogP contribution in [0.1, 0.15) is 39.0 Å². The molecular formula is C18H22O7. The highest BCUT2D eigenvalue weighted by molar-refractivity contribution is 5.91. The van der Waals surface area contributed by atoms with Crippen LogP contribution in [0.15, 0.2) is 27.4 Å². The van der Waals surface area contributed by atoms with Crippen molar-refractivity contribution in [1.82, 2.24) is 0 Å². The highest BCUT2D eigenvalue weighted by Gasteiger charge is 2.19. The molecule has 0 radical (unpaired) electrons. The first-order valence-electron chi connectivity index (χ1n) is 8.30. The predicted octanol–water partition coefficient (Wildman–Crippen LogP) is 3.31. The first-order chi connectivity index (χ1) is 12.0. The Morgan fingerprint density at radius 1 is 1.16 bits per heavy atom. The van der Waals surface area contributed by atoms with Crippen LogP contribution >= 0.6 is 0 Å². The van der Waals surface area contributed by atoms with Crippen molar-refractivity contribution in [3.8, 4) is 17.2 Å². The van der Waals surface area contributed by atoms with Crippen LogP contribution in [0.5, 0.6) is 17.2 Å². The summed E-state index contributed by atoms with van der Waals surface area (Å²) in [4.78, 5) is 22.7. The number of fused-ring (bicyclic) bond motifs is 1. The van der Waals surface area contributed by atoms with E-state index >= 15 is 0 Å². The highest BCUT2D eigenvalue weighted by Crippen LogP contribution is 2.37. The maximum Gasteiger partial charge on any atom is 0.383 e. The Bertz CT molecular complexity index is 779. The number of aliphatic carboxylic acids is 1. The van der Waals surface area contributed by atoms with Crippen LogP contribution in [0.25, 0.3) is 11.0 Å². The van der Waals surface area contributed by atoms with Crippen molar-refractivity contribution < 1.29 is 28.9 Å². The van der Waals surface area contributed by atoms with Gasteiger partial charge in [-0.1, -0.05) is 38.7 Å². The molecule has 2 rings (SSSR count). The molecule has 1 aromatic heterocycles. The molecule has 0 spiro atoms. The zero-order valence-electron chi connectivity index (χ0n) is 14.1. The lowest BCUT2D eigenvalue weighted by molar-refractivity contribution is -0.139. The second-order valence-electron chi connectivity index (χ2n) is 5.64. The fourth-order valence-electron chi connectivity index (χ4n) is 2.45. The van der Waals surface area contributed by atoms with E-state index < -0.39 is 24.0 Å². The maximum absolute atomic E-state index is 12.0. The molecule has 0 fully saturated rings. The Labute approximate surface area is 144 Å².